The monoisotopic (exact) mass is 269 g/mol. The van der Waals surface area contributed by atoms with E-state index in [1.807, 2.05) is 24.3 Å². The third-order valence-corrected chi connectivity index (χ3v) is 2.83. The second kappa shape index (κ2) is 6.64. The van der Waals surface area contributed by atoms with E-state index in [0.29, 0.717) is 6.54 Å². The maximum absolute atomic E-state index is 5.60. The molecule has 0 saturated carbocycles. The first-order valence-corrected chi connectivity index (χ1v) is 5.79. The average Bonchev–Trinajstić information content (AvgIpc) is 2.26. The van der Waals surface area contributed by atoms with E-state index in [2.05, 4.69) is 22.5 Å². The molecule has 0 saturated heterocycles. The third-order valence-electron chi connectivity index (χ3n) is 2.06. The lowest BCUT2D eigenvalue weighted by Gasteiger charge is -2.08. The van der Waals surface area contributed by atoms with Crippen molar-refractivity contribution in [2.45, 2.75) is 19.4 Å². The van der Waals surface area contributed by atoms with E-state index in [9.17, 15) is 0 Å². The van der Waals surface area contributed by atoms with Crippen LogP contribution in [0.5, 0.6) is 5.75 Å². The smallest absolute Gasteiger partial charge is 0.119 e. The fourth-order valence-corrected chi connectivity index (χ4v) is 1.62. The molecule has 0 spiro atoms. The van der Waals surface area contributed by atoms with E-state index in [1.165, 1.54) is 0 Å². The molecule has 3 heteroatoms. The van der Waals surface area contributed by atoms with Crippen molar-refractivity contribution in [2.24, 2.45) is 5.73 Å². The summed E-state index contributed by atoms with van der Waals surface area (Å²) in [7, 11) is 0. The summed E-state index contributed by atoms with van der Waals surface area (Å²) in [5.41, 5.74) is 6.66. The Hall–Kier alpha value is -0.800. The summed E-state index contributed by atoms with van der Waals surface area (Å²) >= 11 is 3.43. The number of unbranched alkanes of at least 4 members (excludes halogenated alkanes) is 1. The molecule has 1 aromatic rings. The molecule has 0 heterocycles. The molecule has 0 unspecified atom stereocenters. The van der Waals surface area contributed by atoms with E-state index in [4.69, 9.17) is 10.5 Å². The summed E-state index contributed by atoms with van der Waals surface area (Å²) in [5, 5.41) is 0. The average molecular weight is 270 g/mol. The molecule has 0 aliphatic heterocycles. The first-order valence-electron chi connectivity index (χ1n) is 5.00. The van der Waals surface area contributed by atoms with Gasteiger partial charge in [-0.2, -0.15) is 0 Å². The number of nitrogens with two attached hydrogens (primary N) is 1. The van der Waals surface area contributed by atoms with Gasteiger partial charge in [-0.1, -0.05) is 22.0 Å². The molecule has 0 aromatic heterocycles. The molecular formula is C12H16BrNO. The quantitative estimate of drug-likeness (QED) is 0.636. The zero-order valence-corrected chi connectivity index (χ0v) is 10.3. The molecule has 1 rings (SSSR count). The van der Waals surface area contributed by atoms with Gasteiger partial charge in [-0.3, -0.25) is 0 Å². The second-order valence-electron chi connectivity index (χ2n) is 3.24. The Balaban J connectivity index is 2.50. The second-order valence-corrected chi connectivity index (χ2v) is 4.09. The van der Waals surface area contributed by atoms with Crippen molar-refractivity contribution in [1.82, 2.24) is 0 Å². The Bertz CT molecular complexity index is 325. The van der Waals surface area contributed by atoms with E-state index in [1.54, 1.807) is 0 Å². The van der Waals surface area contributed by atoms with E-state index in [-0.39, 0.29) is 0 Å². The highest BCUT2D eigenvalue weighted by Crippen LogP contribution is 2.22. The van der Waals surface area contributed by atoms with Crippen molar-refractivity contribution in [3.63, 3.8) is 0 Å². The predicted molar refractivity (Wildman–Crippen MR) is 67.0 cm³/mol. The zero-order valence-electron chi connectivity index (χ0n) is 8.71. The lowest BCUT2D eigenvalue weighted by atomic mass is 10.2. The Morgan fingerprint density at radius 1 is 1.47 bits per heavy atom. The van der Waals surface area contributed by atoms with Crippen LogP contribution in [0.1, 0.15) is 18.4 Å². The Morgan fingerprint density at radius 3 is 2.93 bits per heavy atom. The van der Waals surface area contributed by atoms with Crippen LogP contribution in [-0.4, -0.2) is 6.61 Å². The van der Waals surface area contributed by atoms with Gasteiger partial charge in [-0.15, -0.1) is 6.58 Å². The zero-order chi connectivity index (χ0) is 11.1. The van der Waals surface area contributed by atoms with Gasteiger partial charge in [0.05, 0.1) is 6.61 Å². The summed E-state index contributed by atoms with van der Waals surface area (Å²) in [4.78, 5) is 0. The van der Waals surface area contributed by atoms with Crippen molar-refractivity contribution in [2.75, 3.05) is 6.61 Å². The van der Waals surface area contributed by atoms with Crippen molar-refractivity contribution < 1.29 is 4.74 Å². The maximum Gasteiger partial charge on any atom is 0.119 e. The summed E-state index contributed by atoms with van der Waals surface area (Å²) in [5.74, 6) is 0.878. The predicted octanol–water partition coefficient (Wildman–Crippen LogP) is 3.25. The normalized spacial score (nSPS) is 10.0. The Morgan fingerprint density at radius 2 is 2.27 bits per heavy atom. The number of benzene rings is 1. The van der Waals surface area contributed by atoms with Crippen LogP contribution in [0, 0.1) is 0 Å². The molecule has 15 heavy (non-hydrogen) atoms. The lowest BCUT2D eigenvalue weighted by molar-refractivity contribution is 0.312. The van der Waals surface area contributed by atoms with Crippen LogP contribution in [0.2, 0.25) is 0 Å². The molecule has 0 aliphatic carbocycles. The fourth-order valence-electron chi connectivity index (χ4n) is 1.22. The number of hydrogen-bond acceptors (Lipinski definition) is 2. The van der Waals surface area contributed by atoms with Crippen LogP contribution in [0.3, 0.4) is 0 Å². The molecule has 2 nitrogen and oxygen atoms in total. The van der Waals surface area contributed by atoms with Gasteiger partial charge in [0, 0.05) is 11.0 Å². The number of allylic oxidation sites excluding steroid dienone is 1. The highest BCUT2D eigenvalue weighted by molar-refractivity contribution is 9.10. The lowest BCUT2D eigenvalue weighted by Crippen LogP contribution is -2.00. The molecule has 2 N–H and O–H groups in total. The molecule has 1 aromatic carbocycles. The van der Waals surface area contributed by atoms with Gasteiger partial charge in [0.1, 0.15) is 5.75 Å². The molecule has 0 aliphatic rings. The fraction of sp³-hybridized carbons (Fsp3) is 0.333. The van der Waals surface area contributed by atoms with E-state index < -0.39 is 0 Å². The van der Waals surface area contributed by atoms with Gasteiger partial charge in [0.2, 0.25) is 0 Å². The van der Waals surface area contributed by atoms with Gasteiger partial charge in [-0.05, 0) is 36.6 Å². The Labute approximate surface area is 99.3 Å². The van der Waals surface area contributed by atoms with Crippen LogP contribution in [0.25, 0.3) is 0 Å². The molecule has 0 amide bonds. The topological polar surface area (TPSA) is 35.2 Å². The summed E-state index contributed by atoms with van der Waals surface area (Å²) in [6.45, 7) is 4.90. The molecule has 82 valence electrons. The van der Waals surface area contributed by atoms with Crippen molar-refractivity contribution in [3.05, 3.63) is 40.9 Å². The highest BCUT2D eigenvalue weighted by Gasteiger charge is 2.00. The largest absolute Gasteiger partial charge is 0.494 e. The third kappa shape index (κ3) is 4.06. The molecule has 0 bridgehead atoms. The van der Waals surface area contributed by atoms with Crippen LogP contribution in [-0.2, 0) is 6.54 Å². The number of ether oxygens (including phenoxy) is 1. The van der Waals surface area contributed by atoms with Crippen LogP contribution < -0.4 is 10.5 Å². The van der Waals surface area contributed by atoms with Crippen molar-refractivity contribution in [1.29, 1.82) is 0 Å². The standard InChI is InChI=1S/C12H16BrNO/c1-2-3-4-7-15-11-5-6-12(13)10(8-11)9-14/h2,5-6,8H,1,3-4,7,9,14H2. The minimum atomic E-state index is 0.518. The van der Waals surface area contributed by atoms with Crippen LogP contribution in [0.4, 0.5) is 0 Å². The maximum atomic E-state index is 5.60. The number of hydrogen-bond donors (Lipinski definition) is 1. The summed E-state index contributed by atoms with van der Waals surface area (Å²) < 4.78 is 6.61. The van der Waals surface area contributed by atoms with E-state index in [0.717, 1.165) is 35.2 Å². The van der Waals surface area contributed by atoms with Crippen molar-refractivity contribution in [3.8, 4) is 5.75 Å². The number of halogens is 1. The molecule has 0 radical (unpaired) electrons. The first kappa shape index (κ1) is 12.3. The van der Waals surface area contributed by atoms with Crippen LogP contribution in [0.15, 0.2) is 35.3 Å². The number of rotatable bonds is 6. The highest BCUT2D eigenvalue weighted by atomic mass is 79.9. The van der Waals surface area contributed by atoms with Crippen LogP contribution >= 0.6 is 15.9 Å². The summed E-state index contributed by atoms with van der Waals surface area (Å²) in [6, 6.07) is 5.88. The molecule has 0 fully saturated rings. The van der Waals surface area contributed by atoms with Gasteiger partial charge in [0.15, 0.2) is 0 Å². The van der Waals surface area contributed by atoms with Gasteiger partial charge < -0.3 is 10.5 Å². The van der Waals surface area contributed by atoms with Crippen molar-refractivity contribution >= 4 is 15.9 Å². The first-order chi connectivity index (χ1) is 7.27. The van der Waals surface area contributed by atoms with Gasteiger partial charge >= 0.3 is 0 Å². The Kier molecular flexibility index (Phi) is 5.43. The molecule has 0 atom stereocenters. The SMILES string of the molecule is C=CCCCOc1ccc(Br)c(CN)c1. The minimum absolute atomic E-state index is 0.518. The van der Waals surface area contributed by atoms with E-state index >= 15 is 0 Å². The van der Waals surface area contributed by atoms with Gasteiger partial charge in [-0.25, -0.2) is 0 Å². The minimum Gasteiger partial charge on any atom is -0.494 e. The summed E-state index contributed by atoms with van der Waals surface area (Å²) in [6.07, 6.45) is 3.88. The molecular weight excluding hydrogens is 254 g/mol. The van der Waals surface area contributed by atoms with Gasteiger partial charge in [0.25, 0.3) is 0 Å².